The van der Waals surface area contributed by atoms with Crippen LogP contribution in [0.2, 0.25) is 0 Å². The predicted octanol–water partition coefficient (Wildman–Crippen LogP) is 3.34. The zero-order chi connectivity index (χ0) is 8.53. The number of hydrogen-bond acceptors (Lipinski definition) is 14. The van der Waals surface area contributed by atoms with E-state index in [0.717, 1.165) is 26.1 Å². The second kappa shape index (κ2) is 102. The van der Waals surface area contributed by atoms with E-state index in [0.29, 0.717) is 0 Å². The van der Waals surface area contributed by atoms with Crippen LogP contribution in [-0.4, -0.2) is 44.6 Å². The summed E-state index contributed by atoms with van der Waals surface area (Å²) in [5, 5.41) is 0. The van der Waals surface area contributed by atoms with Crippen molar-refractivity contribution >= 4 is 18.4 Å². The molecule has 14 nitrogen and oxygen atoms in total. The molecule has 0 rings (SSSR count). The van der Waals surface area contributed by atoms with Gasteiger partial charge in [-0.15, -0.1) is 12.4 Å². The van der Waals surface area contributed by atoms with Crippen molar-refractivity contribution in [2.75, 3.05) is 33.7 Å². The van der Waals surface area contributed by atoms with Gasteiger partial charge in [-0.1, -0.05) is 0 Å². The van der Waals surface area contributed by atoms with Crippen LogP contribution in [0.1, 0.15) is 13.3 Å². The second-order valence-electron chi connectivity index (χ2n) is 2.61. The maximum atomic E-state index is 3.99. The normalized spacial score (nSPS) is 4.52. The van der Waals surface area contributed by atoms with Crippen molar-refractivity contribution < 1.29 is 0 Å². The summed E-state index contributed by atoms with van der Waals surface area (Å²) in [4.78, 5) is 9.99. The Hall–Kier alpha value is -0.810. The molecule has 0 aliphatic rings. The molecule has 0 fully saturated rings. The van der Waals surface area contributed by atoms with E-state index in [4.69, 9.17) is 0 Å². The van der Waals surface area contributed by atoms with E-state index in [-0.39, 0.29) is 80.1 Å². The number of rotatable bonds is 5. The predicted molar refractivity (Wildman–Crippen MR) is 111 cm³/mol. The summed E-state index contributed by atoms with van der Waals surface area (Å²) in [5.74, 6) is 0. The van der Waals surface area contributed by atoms with Gasteiger partial charge in [0.1, 0.15) is 0 Å². The molecule has 0 saturated heterocycles. The zero-order valence-corrected chi connectivity index (χ0v) is 16.7. The molecule has 0 amide bonds. The smallest absolute Gasteiger partial charge is 0.0892 e. The van der Waals surface area contributed by atoms with Crippen molar-refractivity contribution in [2.24, 2.45) is 9.98 Å². The summed E-state index contributed by atoms with van der Waals surface area (Å²) >= 11 is 0. The van der Waals surface area contributed by atoms with Crippen LogP contribution in [0.15, 0.2) is 9.98 Å². The van der Waals surface area contributed by atoms with E-state index in [1.54, 1.807) is 0 Å². The lowest BCUT2D eigenvalue weighted by atomic mass is 10.4. The molecule has 23 heavy (non-hydrogen) atoms. The highest BCUT2D eigenvalue weighted by Crippen LogP contribution is 1.82. The Balaban J connectivity index is -0.00000000758. The Kier molecular flexibility index (Phi) is 525. The molecule has 0 atom stereocenters. The summed E-state index contributed by atoms with van der Waals surface area (Å²) in [6.45, 7) is 4.67. The topological polar surface area (TPSA) is 413 Å². The molecule has 0 spiro atoms. The number of nitrogens with zero attached hydrogens (tertiary/aromatic N) is 3. The Morgan fingerprint density at radius 1 is 0.696 bits per heavy atom. The van der Waals surface area contributed by atoms with Crippen LogP contribution in [0.4, 0.5) is 0 Å². The monoisotopic (exact) mass is 378 g/mol. The van der Waals surface area contributed by atoms with Gasteiger partial charge in [0, 0.05) is 6.54 Å². The van der Waals surface area contributed by atoms with Gasteiger partial charge in [0.15, 0.2) is 0 Å². The lowest BCUT2D eigenvalue weighted by Gasteiger charge is -2.05. The summed E-state index contributed by atoms with van der Waals surface area (Å²) in [6, 6.07) is 2.64. The minimum atomic E-state index is 0. The molecule has 160 valence electrons. The van der Waals surface area contributed by atoms with E-state index in [1.807, 2.05) is 6.92 Å². The number of halogens is 1. The van der Waals surface area contributed by atoms with Gasteiger partial charge in [-0.05, 0) is 34.0 Å². The largest absolute Gasteiger partial charge is 0.344 e. The average Bonchev–Trinajstić information content (AvgIpc) is 1.96. The van der Waals surface area contributed by atoms with Crippen molar-refractivity contribution in [3.63, 3.8) is 0 Å². The van der Waals surface area contributed by atoms with Crippen LogP contribution < -0.4 is 67.7 Å². The summed E-state index contributed by atoms with van der Waals surface area (Å²) in [7, 11) is 4.12. The minimum Gasteiger partial charge on any atom is -0.344 e. The fourth-order valence-corrected chi connectivity index (χ4v) is 0.637. The Morgan fingerprint density at radius 3 is 1.30 bits per heavy atom. The lowest BCUT2D eigenvalue weighted by Crippen LogP contribution is -2.13. The van der Waals surface area contributed by atoms with Gasteiger partial charge in [-0.25, -0.2) is 9.98 Å². The molecule has 0 aromatic carbocycles. The van der Waals surface area contributed by atoms with Gasteiger partial charge >= 0.3 is 0 Å². The van der Waals surface area contributed by atoms with Gasteiger partial charge < -0.3 is 72.6 Å². The zero-order valence-electron chi connectivity index (χ0n) is 15.9. The lowest BCUT2D eigenvalue weighted by molar-refractivity contribution is 0.403. The molecule has 0 saturated carbocycles. The fourth-order valence-electron chi connectivity index (χ4n) is 0.637. The molecule has 0 heterocycles. The van der Waals surface area contributed by atoms with Crippen molar-refractivity contribution in [2.45, 2.75) is 13.3 Å². The molecular formula is C8H51ClN14. The first kappa shape index (κ1) is 118. The Morgan fingerprint density at radius 2 is 1.04 bits per heavy atom. The number of aliphatic imine (C=N–C) groups is 2. The maximum absolute atomic E-state index is 3.99. The first-order chi connectivity index (χ1) is 5.27. The van der Waals surface area contributed by atoms with Crippen molar-refractivity contribution in [3.05, 3.63) is 0 Å². The van der Waals surface area contributed by atoms with Gasteiger partial charge in [-0.3, -0.25) is 0 Å². The molecule has 0 radical (unpaired) electrons. The molecule has 15 heteroatoms. The van der Waals surface area contributed by atoms with Crippen LogP contribution >= 0.6 is 12.4 Å². The quantitative estimate of drug-likeness (QED) is 0.242. The SMILES string of the molecule is CCN=C=NCCCN(C)C.Cl.N.N.N.N.N.N.N.N.N.N.N. The Labute approximate surface area is 148 Å². The van der Waals surface area contributed by atoms with Crippen molar-refractivity contribution in [1.29, 1.82) is 0 Å². The standard InChI is InChI=1S/C8H17N3.ClH.11H3N/c1-4-9-8-10-6-5-7-11(2)3;;;;;;;;;;;;/h4-7H2,1-3H3;1H;11*1H3. The third-order valence-electron chi connectivity index (χ3n) is 1.17. The van der Waals surface area contributed by atoms with Crippen LogP contribution in [0.25, 0.3) is 0 Å². The average molecular weight is 379 g/mol. The first-order valence-corrected chi connectivity index (χ1v) is 4.00. The molecule has 33 N–H and O–H groups in total. The van der Waals surface area contributed by atoms with Gasteiger partial charge in [-0.2, -0.15) is 0 Å². The molecule has 0 unspecified atom stereocenters. The maximum Gasteiger partial charge on any atom is 0.0892 e. The Bertz CT molecular complexity index is 152. The van der Waals surface area contributed by atoms with Crippen LogP contribution in [0.5, 0.6) is 0 Å². The summed E-state index contributed by atoms with van der Waals surface area (Å²) < 4.78 is 0. The molecule has 0 bridgehead atoms. The first-order valence-electron chi connectivity index (χ1n) is 4.00. The van der Waals surface area contributed by atoms with Crippen LogP contribution in [0, 0.1) is 0 Å². The molecule has 0 aromatic heterocycles. The second-order valence-corrected chi connectivity index (χ2v) is 2.61. The van der Waals surface area contributed by atoms with Gasteiger partial charge in [0.2, 0.25) is 0 Å². The van der Waals surface area contributed by atoms with Gasteiger partial charge in [0.25, 0.3) is 0 Å². The van der Waals surface area contributed by atoms with E-state index < -0.39 is 0 Å². The highest BCUT2D eigenvalue weighted by Gasteiger charge is 1.86. The molecule has 0 aliphatic heterocycles. The van der Waals surface area contributed by atoms with E-state index in [2.05, 4.69) is 35.0 Å². The van der Waals surface area contributed by atoms with E-state index in [1.165, 1.54) is 0 Å². The molecule has 0 aromatic rings. The van der Waals surface area contributed by atoms with E-state index in [9.17, 15) is 0 Å². The van der Waals surface area contributed by atoms with Crippen molar-refractivity contribution in [3.8, 4) is 0 Å². The third-order valence-corrected chi connectivity index (χ3v) is 1.17. The van der Waals surface area contributed by atoms with Gasteiger partial charge in [0.05, 0.1) is 12.6 Å². The summed E-state index contributed by atoms with van der Waals surface area (Å²) in [6.07, 6.45) is 1.08. The summed E-state index contributed by atoms with van der Waals surface area (Å²) in [5.41, 5.74) is 0. The van der Waals surface area contributed by atoms with E-state index >= 15 is 0 Å². The van der Waals surface area contributed by atoms with Crippen LogP contribution in [-0.2, 0) is 0 Å². The fraction of sp³-hybridized carbons (Fsp3) is 0.875. The van der Waals surface area contributed by atoms with Crippen molar-refractivity contribution in [1.82, 2.24) is 72.6 Å². The molecular weight excluding hydrogens is 328 g/mol. The highest BCUT2D eigenvalue weighted by atomic mass is 35.5. The van der Waals surface area contributed by atoms with Crippen LogP contribution in [0.3, 0.4) is 0 Å². The highest BCUT2D eigenvalue weighted by molar-refractivity contribution is 5.85. The number of hydrogen-bond donors (Lipinski definition) is 11. The third kappa shape index (κ3) is 151. The molecule has 0 aliphatic carbocycles. The minimum absolute atomic E-state index is 0.